The van der Waals surface area contributed by atoms with E-state index < -0.39 is 13.2 Å². The van der Waals surface area contributed by atoms with Gasteiger partial charge in [0.25, 0.3) is 0 Å². The van der Waals surface area contributed by atoms with Crippen LogP contribution in [-0.4, -0.2) is 12.2 Å². The molecule has 0 unspecified atom stereocenters. The van der Waals surface area contributed by atoms with E-state index in [0.29, 0.717) is 5.56 Å². The first-order valence-corrected chi connectivity index (χ1v) is 7.77. The molecule has 0 saturated heterocycles. The van der Waals surface area contributed by atoms with E-state index in [-0.39, 0.29) is 12.2 Å². The van der Waals surface area contributed by atoms with Crippen LogP contribution in [0.1, 0.15) is 33.3 Å². The Morgan fingerprint density at radius 3 is 2.00 bits per heavy atom. The van der Waals surface area contributed by atoms with Gasteiger partial charge >= 0.3 is 7.60 Å². The van der Waals surface area contributed by atoms with Crippen molar-refractivity contribution in [3.8, 4) is 0 Å². The lowest BCUT2D eigenvalue weighted by Crippen LogP contribution is -2.08. The Hall–Kier alpha value is -0.960. The molecule has 0 amide bonds. The standard InChI is InChI=1S/C14H20FO3P/c1-11(2)17-19(16,18-12(3)4)14(15)10-13-8-6-5-7-9-13/h5-12H,1-4H3/b14-10-. The second kappa shape index (κ2) is 6.99. The number of hydrogen-bond acceptors (Lipinski definition) is 3. The summed E-state index contributed by atoms with van der Waals surface area (Å²) in [7, 11) is -3.89. The zero-order valence-electron chi connectivity index (χ0n) is 11.7. The summed E-state index contributed by atoms with van der Waals surface area (Å²) in [5.74, 6) is 0. The minimum absolute atomic E-state index is 0.389. The molecule has 0 aromatic heterocycles. The molecule has 0 aliphatic carbocycles. The first-order chi connectivity index (χ1) is 8.83. The Balaban J connectivity index is 3.04. The molecule has 1 aromatic rings. The highest BCUT2D eigenvalue weighted by Gasteiger charge is 2.33. The van der Waals surface area contributed by atoms with Crippen LogP contribution in [0.2, 0.25) is 0 Å². The van der Waals surface area contributed by atoms with Crippen molar-refractivity contribution in [1.82, 2.24) is 0 Å². The van der Waals surface area contributed by atoms with Crippen molar-refractivity contribution in [2.45, 2.75) is 39.9 Å². The Labute approximate surface area is 114 Å². The van der Waals surface area contributed by atoms with Gasteiger partial charge in [0.05, 0.1) is 12.2 Å². The van der Waals surface area contributed by atoms with Crippen LogP contribution in [0.25, 0.3) is 6.08 Å². The molecule has 3 nitrogen and oxygen atoms in total. The SMILES string of the molecule is CC(C)OP(=O)(OC(C)C)/C(F)=C\c1ccccc1. The van der Waals surface area contributed by atoms with E-state index in [9.17, 15) is 8.96 Å². The maximum atomic E-state index is 14.2. The molecule has 0 bridgehead atoms. The van der Waals surface area contributed by atoms with Crippen molar-refractivity contribution in [2.75, 3.05) is 0 Å². The van der Waals surface area contributed by atoms with Crippen LogP contribution in [0.4, 0.5) is 4.39 Å². The van der Waals surface area contributed by atoms with Gasteiger partial charge in [-0.2, -0.15) is 4.39 Å². The molecule has 0 spiro atoms. The highest BCUT2D eigenvalue weighted by molar-refractivity contribution is 7.58. The van der Waals surface area contributed by atoms with Crippen LogP contribution in [-0.2, 0) is 13.6 Å². The molecule has 0 fully saturated rings. The van der Waals surface area contributed by atoms with E-state index in [1.807, 2.05) is 6.07 Å². The smallest absolute Gasteiger partial charge is 0.301 e. The van der Waals surface area contributed by atoms with Crippen molar-refractivity contribution >= 4 is 13.7 Å². The van der Waals surface area contributed by atoms with Crippen molar-refractivity contribution < 1.29 is 18.0 Å². The van der Waals surface area contributed by atoms with Gasteiger partial charge in [-0.1, -0.05) is 30.3 Å². The predicted molar refractivity (Wildman–Crippen MR) is 75.6 cm³/mol. The van der Waals surface area contributed by atoms with Gasteiger partial charge in [0, 0.05) is 0 Å². The number of rotatable bonds is 6. The van der Waals surface area contributed by atoms with Crippen molar-refractivity contribution in [3.05, 3.63) is 41.5 Å². The fraction of sp³-hybridized carbons (Fsp3) is 0.429. The highest BCUT2D eigenvalue weighted by Crippen LogP contribution is 2.58. The number of benzene rings is 1. The van der Waals surface area contributed by atoms with Crippen molar-refractivity contribution in [2.24, 2.45) is 0 Å². The summed E-state index contributed by atoms with van der Waals surface area (Å²) in [6, 6.07) is 8.81. The lowest BCUT2D eigenvalue weighted by Gasteiger charge is -2.21. The molecule has 0 atom stereocenters. The molecule has 19 heavy (non-hydrogen) atoms. The molecule has 1 aromatic carbocycles. The zero-order chi connectivity index (χ0) is 14.5. The Bertz CT molecular complexity index is 455. The first kappa shape index (κ1) is 16.1. The molecule has 0 N–H and O–H groups in total. The monoisotopic (exact) mass is 286 g/mol. The summed E-state index contributed by atoms with van der Waals surface area (Å²) >= 11 is 0. The summed E-state index contributed by atoms with van der Waals surface area (Å²) in [5.41, 5.74) is -0.263. The minimum Gasteiger partial charge on any atom is -0.301 e. The van der Waals surface area contributed by atoms with Gasteiger partial charge in [-0.15, -0.1) is 0 Å². The molecule has 1 rings (SSSR count). The molecular formula is C14H20FO3P. The van der Waals surface area contributed by atoms with Crippen LogP contribution in [0, 0.1) is 0 Å². The molecule has 0 radical (unpaired) electrons. The Morgan fingerprint density at radius 1 is 1.11 bits per heavy atom. The number of hydrogen-bond donors (Lipinski definition) is 0. The molecule has 0 saturated carbocycles. The lowest BCUT2D eigenvalue weighted by molar-refractivity contribution is 0.143. The van der Waals surface area contributed by atoms with E-state index >= 15 is 0 Å². The van der Waals surface area contributed by atoms with E-state index in [2.05, 4.69) is 0 Å². The summed E-state index contributed by atoms with van der Waals surface area (Å²) in [4.78, 5) is 0. The molecule has 0 aliphatic heterocycles. The molecule has 0 aliphatic rings. The maximum Gasteiger partial charge on any atom is 0.390 e. The molecule has 0 heterocycles. The zero-order valence-corrected chi connectivity index (χ0v) is 12.6. The fourth-order valence-corrected chi connectivity index (χ4v) is 3.11. The maximum absolute atomic E-state index is 14.2. The van der Waals surface area contributed by atoms with Crippen molar-refractivity contribution in [3.63, 3.8) is 0 Å². The third kappa shape index (κ3) is 5.27. The van der Waals surface area contributed by atoms with Gasteiger partial charge in [-0.25, -0.2) is 0 Å². The topological polar surface area (TPSA) is 35.5 Å². The average molecular weight is 286 g/mol. The fourth-order valence-electron chi connectivity index (χ4n) is 1.45. The summed E-state index contributed by atoms with van der Waals surface area (Å²) in [6.45, 7) is 6.75. The summed E-state index contributed by atoms with van der Waals surface area (Å²) in [6.07, 6.45) is 0.407. The normalized spacial score (nSPS) is 13.3. The van der Waals surface area contributed by atoms with E-state index in [1.165, 1.54) is 6.08 Å². The van der Waals surface area contributed by atoms with Gasteiger partial charge in [0.2, 0.25) is 5.57 Å². The van der Waals surface area contributed by atoms with Crippen LogP contribution in [0.5, 0.6) is 0 Å². The first-order valence-electron chi connectivity index (χ1n) is 6.23. The van der Waals surface area contributed by atoms with Crippen LogP contribution < -0.4 is 0 Å². The van der Waals surface area contributed by atoms with Gasteiger partial charge in [0.15, 0.2) is 0 Å². The van der Waals surface area contributed by atoms with Gasteiger partial charge < -0.3 is 9.05 Å². The highest BCUT2D eigenvalue weighted by atomic mass is 31.2. The van der Waals surface area contributed by atoms with Gasteiger partial charge in [0.1, 0.15) is 0 Å². The van der Waals surface area contributed by atoms with Crippen LogP contribution >= 0.6 is 7.60 Å². The average Bonchev–Trinajstić information content (AvgIpc) is 2.27. The summed E-state index contributed by atoms with van der Waals surface area (Å²) < 4.78 is 37.0. The van der Waals surface area contributed by atoms with Crippen LogP contribution in [0.3, 0.4) is 0 Å². The third-order valence-corrected chi connectivity index (χ3v) is 4.10. The molecular weight excluding hydrogens is 266 g/mol. The Morgan fingerprint density at radius 2 is 1.58 bits per heavy atom. The Kier molecular flexibility index (Phi) is 5.92. The minimum atomic E-state index is -3.89. The number of halogens is 1. The lowest BCUT2D eigenvalue weighted by atomic mass is 10.2. The van der Waals surface area contributed by atoms with E-state index in [1.54, 1.807) is 52.0 Å². The third-order valence-electron chi connectivity index (χ3n) is 2.05. The molecule has 5 heteroatoms. The quantitative estimate of drug-likeness (QED) is 0.690. The van der Waals surface area contributed by atoms with E-state index in [4.69, 9.17) is 9.05 Å². The van der Waals surface area contributed by atoms with Crippen molar-refractivity contribution in [1.29, 1.82) is 0 Å². The second-order valence-electron chi connectivity index (χ2n) is 4.68. The van der Waals surface area contributed by atoms with Gasteiger partial charge in [-0.3, -0.25) is 4.57 Å². The summed E-state index contributed by atoms with van der Waals surface area (Å²) in [5, 5.41) is 0. The second-order valence-corrected chi connectivity index (χ2v) is 6.53. The predicted octanol–water partition coefficient (Wildman–Crippen LogP) is 5.00. The largest absolute Gasteiger partial charge is 0.390 e. The van der Waals surface area contributed by atoms with E-state index in [0.717, 1.165) is 0 Å². The van der Waals surface area contributed by atoms with Gasteiger partial charge in [-0.05, 0) is 39.3 Å². The van der Waals surface area contributed by atoms with Crippen LogP contribution in [0.15, 0.2) is 35.9 Å². The molecule has 106 valence electrons.